The minimum Gasteiger partial charge on any atom is -0.394 e. The van der Waals surface area contributed by atoms with Gasteiger partial charge in [0.15, 0.2) is 0 Å². The highest BCUT2D eigenvalue weighted by Crippen LogP contribution is 2.14. The molecule has 4 nitrogen and oxygen atoms in total. The molecule has 0 saturated heterocycles. The maximum Gasteiger partial charge on any atom is 0.218 e. The fourth-order valence-electron chi connectivity index (χ4n) is 1.28. The van der Waals surface area contributed by atoms with Crippen LogP contribution in [-0.2, 0) is 4.74 Å². The van der Waals surface area contributed by atoms with E-state index in [2.05, 4.69) is 22.9 Å². The van der Waals surface area contributed by atoms with Gasteiger partial charge in [0.05, 0.1) is 10.2 Å². The second-order valence-electron chi connectivity index (χ2n) is 3.47. The molecule has 0 aliphatic heterocycles. The fourth-order valence-corrected chi connectivity index (χ4v) is 1.74. The second kappa shape index (κ2) is 5.32. The predicted molar refractivity (Wildman–Crippen MR) is 64.0 cm³/mol. The van der Waals surface area contributed by atoms with E-state index in [1.54, 1.807) is 19.5 Å². The number of hydrogen-bond acceptors (Lipinski definition) is 3. The second-order valence-corrected chi connectivity index (χ2v) is 4.32. The van der Waals surface area contributed by atoms with Crippen molar-refractivity contribution in [3.63, 3.8) is 0 Å². The van der Waals surface area contributed by atoms with Gasteiger partial charge in [-0.2, -0.15) is 0 Å². The molecule has 1 rings (SSSR count). The van der Waals surface area contributed by atoms with Crippen LogP contribution < -0.4 is 11.2 Å². The first-order valence-corrected chi connectivity index (χ1v) is 5.51. The van der Waals surface area contributed by atoms with E-state index in [0.717, 1.165) is 6.42 Å². The lowest BCUT2D eigenvalue weighted by Gasteiger charge is -2.16. The van der Waals surface area contributed by atoms with Gasteiger partial charge in [0.1, 0.15) is 0 Å². The molecule has 0 aromatic carbocycles. The number of nitrogen functional groups attached to an aromatic ring is 1. The number of anilines is 1. The Morgan fingerprint density at radius 1 is 1.60 bits per heavy atom. The number of methoxy groups -OCH3 is 1. The molecule has 0 amide bonds. The van der Waals surface area contributed by atoms with Gasteiger partial charge >= 0.3 is 0 Å². The Kier molecular flexibility index (Phi) is 4.35. The summed E-state index contributed by atoms with van der Waals surface area (Å²) in [7, 11) is 1.67. The van der Waals surface area contributed by atoms with Crippen molar-refractivity contribution in [3.8, 4) is 0 Å². The molecule has 0 saturated carbocycles. The summed E-state index contributed by atoms with van der Waals surface area (Å²) in [5, 5.41) is 0. The van der Waals surface area contributed by atoms with Crippen LogP contribution in [0.5, 0.6) is 0 Å². The summed E-state index contributed by atoms with van der Waals surface area (Å²) in [6, 6.07) is 0.254. The van der Waals surface area contributed by atoms with Crippen LogP contribution in [0.2, 0.25) is 0 Å². The van der Waals surface area contributed by atoms with Gasteiger partial charge < -0.3 is 15.0 Å². The average molecular weight is 275 g/mol. The molecule has 0 bridgehead atoms. The third-order valence-corrected chi connectivity index (χ3v) is 2.84. The topological polar surface area (TPSA) is 57.2 Å². The average Bonchev–Trinajstić information content (AvgIpc) is 2.21. The lowest BCUT2D eigenvalue weighted by molar-refractivity contribution is 0.181. The number of nitrogens with zero attached hydrogens (tertiary/aromatic N) is 1. The minimum absolute atomic E-state index is 0.162. The van der Waals surface area contributed by atoms with Crippen molar-refractivity contribution in [2.24, 2.45) is 0 Å². The zero-order valence-electron chi connectivity index (χ0n) is 8.87. The Morgan fingerprint density at radius 3 is 2.80 bits per heavy atom. The molecule has 1 aromatic rings. The summed E-state index contributed by atoms with van der Waals surface area (Å²) in [5.41, 5.74) is 5.69. The first kappa shape index (κ1) is 12.3. The highest BCUT2D eigenvalue weighted by atomic mass is 79.9. The highest BCUT2D eigenvalue weighted by Gasteiger charge is 2.07. The van der Waals surface area contributed by atoms with E-state index < -0.39 is 0 Å². The van der Waals surface area contributed by atoms with E-state index in [9.17, 15) is 4.79 Å². The van der Waals surface area contributed by atoms with Crippen LogP contribution in [0.25, 0.3) is 0 Å². The van der Waals surface area contributed by atoms with E-state index in [0.29, 0.717) is 11.1 Å². The number of nitrogens with two attached hydrogens (primary N) is 1. The molecule has 0 spiro atoms. The third-order valence-electron chi connectivity index (χ3n) is 2.28. The van der Waals surface area contributed by atoms with Crippen molar-refractivity contribution in [1.82, 2.24) is 4.57 Å². The van der Waals surface area contributed by atoms with E-state index in [1.807, 2.05) is 4.57 Å². The van der Waals surface area contributed by atoms with Gasteiger partial charge in [-0.15, -0.1) is 0 Å². The molecule has 1 atom stereocenters. The van der Waals surface area contributed by atoms with Crippen LogP contribution in [0.15, 0.2) is 21.7 Å². The zero-order valence-corrected chi connectivity index (χ0v) is 10.5. The Balaban J connectivity index is 2.91. The Labute approximate surface area is 97.2 Å². The Morgan fingerprint density at radius 2 is 2.27 bits per heavy atom. The van der Waals surface area contributed by atoms with Crippen molar-refractivity contribution in [1.29, 1.82) is 0 Å². The van der Waals surface area contributed by atoms with Crippen LogP contribution in [-0.4, -0.2) is 18.3 Å². The van der Waals surface area contributed by atoms with Crippen molar-refractivity contribution < 1.29 is 4.74 Å². The molecule has 1 aromatic heterocycles. The highest BCUT2D eigenvalue weighted by molar-refractivity contribution is 9.10. The molecule has 0 radical (unpaired) electrons. The number of aromatic nitrogens is 1. The van der Waals surface area contributed by atoms with E-state index in [1.165, 1.54) is 0 Å². The molecular formula is C10H15BrN2O2. The number of hydrogen-bond donors (Lipinski definition) is 1. The standard InChI is InChI=1S/C10H15BrN2O2/c1-7(3-4-15-2)13-5-8(11)10(14)9(12)6-13/h5-7H,3-4,12H2,1-2H3. The Hall–Kier alpha value is -0.810. The van der Waals surface area contributed by atoms with Crippen molar-refractivity contribution in [2.45, 2.75) is 19.4 Å². The summed E-state index contributed by atoms with van der Waals surface area (Å²) in [6.45, 7) is 2.74. The molecule has 0 fully saturated rings. The summed E-state index contributed by atoms with van der Waals surface area (Å²) in [6.07, 6.45) is 4.29. The zero-order chi connectivity index (χ0) is 11.4. The van der Waals surface area contributed by atoms with E-state index in [4.69, 9.17) is 10.5 Å². The van der Waals surface area contributed by atoms with Crippen LogP contribution in [0.1, 0.15) is 19.4 Å². The summed E-state index contributed by atoms with van der Waals surface area (Å²) in [5.74, 6) is 0. The molecule has 5 heteroatoms. The largest absolute Gasteiger partial charge is 0.394 e. The predicted octanol–water partition coefficient (Wildman–Crippen LogP) is 1.79. The maximum absolute atomic E-state index is 11.3. The number of rotatable bonds is 4. The molecular weight excluding hydrogens is 260 g/mol. The Bertz CT molecular complexity index is 363. The monoisotopic (exact) mass is 274 g/mol. The third kappa shape index (κ3) is 3.07. The first-order valence-electron chi connectivity index (χ1n) is 4.72. The van der Waals surface area contributed by atoms with Gasteiger partial charge in [-0.3, -0.25) is 4.79 Å². The van der Waals surface area contributed by atoms with Gasteiger partial charge in [0.2, 0.25) is 5.43 Å². The SMILES string of the molecule is COCCC(C)n1cc(N)c(=O)c(Br)c1. The lowest BCUT2D eigenvalue weighted by Crippen LogP contribution is -2.16. The van der Waals surface area contributed by atoms with Gasteiger partial charge in [0.25, 0.3) is 0 Å². The van der Waals surface area contributed by atoms with Gasteiger partial charge in [-0.05, 0) is 29.3 Å². The van der Waals surface area contributed by atoms with Crippen LogP contribution in [0.3, 0.4) is 0 Å². The first-order chi connectivity index (χ1) is 7.06. The number of halogens is 1. The van der Waals surface area contributed by atoms with Crippen molar-refractivity contribution in [2.75, 3.05) is 19.5 Å². The van der Waals surface area contributed by atoms with Gasteiger partial charge in [-0.25, -0.2) is 0 Å². The summed E-state index contributed by atoms with van der Waals surface area (Å²) in [4.78, 5) is 11.3. The van der Waals surface area contributed by atoms with Gasteiger partial charge in [0, 0.05) is 32.2 Å². The number of pyridine rings is 1. The molecule has 0 aliphatic rings. The lowest BCUT2D eigenvalue weighted by atomic mass is 10.2. The summed E-state index contributed by atoms with van der Waals surface area (Å²) < 4.78 is 7.41. The minimum atomic E-state index is -0.162. The van der Waals surface area contributed by atoms with E-state index in [-0.39, 0.29) is 17.2 Å². The van der Waals surface area contributed by atoms with E-state index >= 15 is 0 Å². The molecule has 2 N–H and O–H groups in total. The smallest absolute Gasteiger partial charge is 0.218 e. The maximum atomic E-state index is 11.3. The molecule has 15 heavy (non-hydrogen) atoms. The van der Waals surface area contributed by atoms with Crippen LogP contribution in [0.4, 0.5) is 5.69 Å². The summed E-state index contributed by atoms with van der Waals surface area (Å²) >= 11 is 3.19. The van der Waals surface area contributed by atoms with Crippen molar-refractivity contribution >= 4 is 21.6 Å². The normalized spacial score (nSPS) is 12.7. The quantitative estimate of drug-likeness (QED) is 0.911. The molecule has 1 heterocycles. The molecule has 1 unspecified atom stereocenters. The fraction of sp³-hybridized carbons (Fsp3) is 0.500. The van der Waals surface area contributed by atoms with Crippen LogP contribution >= 0.6 is 15.9 Å². The number of ether oxygens (including phenoxy) is 1. The van der Waals surface area contributed by atoms with Crippen molar-refractivity contribution in [3.05, 3.63) is 27.1 Å². The van der Waals surface area contributed by atoms with Gasteiger partial charge in [-0.1, -0.05) is 0 Å². The molecule has 84 valence electrons. The van der Waals surface area contributed by atoms with Crippen LogP contribution in [0, 0.1) is 0 Å². The molecule has 0 aliphatic carbocycles.